The van der Waals surface area contributed by atoms with E-state index in [1.807, 2.05) is 30.5 Å². The standard InChI is InChI=1S/C20H18F3NO/c1-13(2)24-17(11-16-9-14(12-25)7-8-19(16)24)10-15-5-3-4-6-18(15)20(21,22)23/h3-9,11-13H,10H2,1-2H3. The number of hydrogen-bond donors (Lipinski definition) is 0. The first-order valence-corrected chi connectivity index (χ1v) is 8.05. The number of carbonyl (C=O) groups excluding carboxylic acids is 1. The molecule has 1 heterocycles. The molecule has 2 nitrogen and oxygen atoms in total. The average Bonchev–Trinajstić information content (AvgIpc) is 2.91. The fourth-order valence-corrected chi connectivity index (χ4v) is 3.28. The number of halogens is 3. The number of benzene rings is 2. The van der Waals surface area contributed by atoms with Crippen molar-refractivity contribution in [3.05, 3.63) is 70.9 Å². The Morgan fingerprint density at radius 2 is 1.80 bits per heavy atom. The fourth-order valence-electron chi connectivity index (χ4n) is 3.28. The Kier molecular flexibility index (Phi) is 4.41. The Morgan fingerprint density at radius 3 is 2.44 bits per heavy atom. The number of alkyl halides is 3. The van der Waals surface area contributed by atoms with Crippen LogP contribution in [-0.2, 0) is 12.6 Å². The van der Waals surface area contributed by atoms with E-state index in [9.17, 15) is 18.0 Å². The number of nitrogens with zero attached hydrogens (tertiary/aromatic N) is 1. The van der Waals surface area contributed by atoms with Gasteiger partial charge >= 0.3 is 6.18 Å². The smallest absolute Gasteiger partial charge is 0.342 e. The van der Waals surface area contributed by atoms with Crippen molar-refractivity contribution in [2.24, 2.45) is 0 Å². The summed E-state index contributed by atoms with van der Waals surface area (Å²) in [5.41, 5.74) is 1.90. The van der Waals surface area contributed by atoms with Gasteiger partial charge in [-0.3, -0.25) is 4.79 Å². The largest absolute Gasteiger partial charge is 0.416 e. The molecule has 0 radical (unpaired) electrons. The molecule has 0 spiro atoms. The van der Waals surface area contributed by atoms with E-state index in [1.165, 1.54) is 12.1 Å². The monoisotopic (exact) mass is 345 g/mol. The lowest BCUT2D eigenvalue weighted by Crippen LogP contribution is -2.11. The van der Waals surface area contributed by atoms with E-state index in [1.54, 1.807) is 18.2 Å². The number of fused-ring (bicyclic) bond motifs is 1. The molecule has 0 bridgehead atoms. The molecule has 0 fully saturated rings. The van der Waals surface area contributed by atoms with E-state index in [0.717, 1.165) is 28.9 Å². The number of aromatic nitrogens is 1. The van der Waals surface area contributed by atoms with Crippen molar-refractivity contribution in [1.82, 2.24) is 4.57 Å². The van der Waals surface area contributed by atoms with Crippen LogP contribution in [0.15, 0.2) is 48.5 Å². The first-order chi connectivity index (χ1) is 11.8. The molecule has 3 aromatic rings. The molecule has 0 unspecified atom stereocenters. The first kappa shape index (κ1) is 17.3. The molecule has 2 aromatic carbocycles. The van der Waals surface area contributed by atoms with Gasteiger partial charge in [-0.2, -0.15) is 13.2 Å². The quantitative estimate of drug-likeness (QED) is 0.561. The molecule has 0 saturated heterocycles. The summed E-state index contributed by atoms with van der Waals surface area (Å²) in [6.45, 7) is 3.98. The minimum absolute atomic E-state index is 0.0904. The average molecular weight is 345 g/mol. The minimum Gasteiger partial charge on any atom is -0.342 e. The number of rotatable bonds is 4. The van der Waals surface area contributed by atoms with Gasteiger partial charge < -0.3 is 4.57 Å². The molecular weight excluding hydrogens is 327 g/mol. The third kappa shape index (κ3) is 3.31. The Bertz CT molecular complexity index is 922. The van der Waals surface area contributed by atoms with Crippen LogP contribution in [-0.4, -0.2) is 10.9 Å². The second-order valence-electron chi connectivity index (χ2n) is 6.37. The van der Waals surface area contributed by atoms with Crippen LogP contribution >= 0.6 is 0 Å². The van der Waals surface area contributed by atoms with E-state index in [2.05, 4.69) is 0 Å². The summed E-state index contributed by atoms with van der Waals surface area (Å²) in [6, 6.07) is 12.9. The summed E-state index contributed by atoms with van der Waals surface area (Å²) in [6.07, 6.45) is -3.43. The van der Waals surface area contributed by atoms with Crippen molar-refractivity contribution < 1.29 is 18.0 Å². The summed E-state index contributed by atoms with van der Waals surface area (Å²) >= 11 is 0. The molecule has 0 aliphatic heterocycles. The minimum atomic E-state index is -4.38. The van der Waals surface area contributed by atoms with Gasteiger partial charge in [0, 0.05) is 34.6 Å². The zero-order valence-corrected chi connectivity index (χ0v) is 14.0. The van der Waals surface area contributed by atoms with Crippen LogP contribution in [0.1, 0.15) is 47.1 Å². The Labute approximate surface area is 143 Å². The number of aldehydes is 1. The molecule has 0 aliphatic carbocycles. The van der Waals surface area contributed by atoms with Crippen molar-refractivity contribution in [3.8, 4) is 0 Å². The summed E-state index contributed by atoms with van der Waals surface area (Å²) in [5, 5.41) is 0.859. The van der Waals surface area contributed by atoms with E-state index in [0.29, 0.717) is 5.56 Å². The van der Waals surface area contributed by atoms with Crippen molar-refractivity contribution in [2.75, 3.05) is 0 Å². The van der Waals surface area contributed by atoms with Crippen LogP contribution in [0.4, 0.5) is 13.2 Å². The van der Waals surface area contributed by atoms with Crippen LogP contribution in [0.2, 0.25) is 0 Å². The fraction of sp³-hybridized carbons (Fsp3) is 0.250. The van der Waals surface area contributed by atoms with Gasteiger partial charge in [-0.25, -0.2) is 0 Å². The number of hydrogen-bond acceptors (Lipinski definition) is 1. The van der Waals surface area contributed by atoms with Crippen LogP contribution in [0.25, 0.3) is 10.9 Å². The van der Waals surface area contributed by atoms with E-state index >= 15 is 0 Å². The number of carbonyl (C=O) groups is 1. The molecular formula is C20H18F3NO. The Hall–Kier alpha value is -2.56. The van der Waals surface area contributed by atoms with Crippen molar-refractivity contribution in [2.45, 2.75) is 32.5 Å². The predicted molar refractivity (Wildman–Crippen MR) is 92.0 cm³/mol. The first-order valence-electron chi connectivity index (χ1n) is 8.05. The van der Waals surface area contributed by atoms with Gasteiger partial charge in [-0.05, 0) is 49.7 Å². The zero-order valence-electron chi connectivity index (χ0n) is 14.0. The maximum Gasteiger partial charge on any atom is 0.416 e. The van der Waals surface area contributed by atoms with Crippen molar-refractivity contribution in [3.63, 3.8) is 0 Å². The van der Waals surface area contributed by atoms with Gasteiger partial charge in [0.2, 0.25) is 0 Å². The van der Waals surface area contributed by atoms with Gasteiger partial charge in [-0.1, -0.05) is 18.2 Å². The Balaban J connectivity index is 2.14. The molecule has 5 heteroatoms. The van der Waals surface area contributed by atoms with Crippen LogP contribution in [0.3, 0.4) is 0 Å². The summed E-state index contributed by atoms with van der Waals surface area (Å²) in [5.74, 6) is 0. The molecule has 25 heavy (non-hydrogen) atoms. The Morgan fingerprint density at radius 1 is 1.08 bits per heavy atom. The maximum absolute atomic E-state index is 13.3. The van der Waals surface area contributed by atoms with Crippen molar-refractivity contribution in [1.29, 1.82) is 0 Å². The topological polar surface area (TPSA) is 22.0 Å². The third-order valence-electron chi connectivity index (χ3n) is 4.29. The lowest BCUT2D eigenvalue weighted by atomic mass is 10.0. The van der Waals surface area contributed by atoms with E-state index in [-0.39, 0.29) is 18.0 Å². The molecule has 0 aliphatic rings. The molecule has 130 valence electrons. The SMILES string of the molecule is CC(C)n1c(Cc2ccccc2C(F)(F)F)cc2cc(C=O)ccc21. The molecule has 0 saturated carbocycles. The maximum atomic E-state index is 13.3. The van der Waals surface area contributed by atoms with Gasteiger partial charge in [0.15, 0.2) is 0 Å². The zero-order chi connectivity index (χ0) is 18.2. The lowest BCUT2D eigenvalue weighted by molar-refractivity contribution is -0.138. The van der Waals surface area contributed by atoms with Crippen LogP contribution in [0.5, 0.6) is 0 Å². The molecule has 0 N–H and O–H groups in total. The molecule has 0 atom stereocenters. The second-order valence-corrected chi connectivity index (χ2v) is 6.37. The highest BCUT2D eigenvalue weighted by Crippen LogP contribution is 2.34. The van der Waals surface area contributed by atoms with Crippen molar-refractivity contribution >= 4 is 17.2 Å². The van der Waals surface area contributed by atoms with Crippen LogP contribution < -0.4 is 0 Å². The van der Waals surface area contributed by atoms with E-state index < -0.39 is 11.7 Å². The van der Waals surface area contributed by atoms with Gasteiger partial charge in [0.25, 0.3) is 0 Å². The summed E-state index contributed by atoms with van der Waals surface area (Å²) < 4.78 is 41.8. The van der Waals surface area contributed by atoms with E-state index in [4.69, 9.17) is 0 Å². The third-order valence-corrected chi connectivity index (χ3v) is 4.29. The second kappa shape index (κ2) is 6.39. The molecule has 3 rings (SSSR count). The summed E-state index contributed by atoms with van der Waals surface area (Å²) in [7, 11) is 0. The lowest BCUT2D eigenvalue weighted by Gasteiger charge is -2.17. The van der Waals surface area contributed by atoms with Crippen LogP contribution in [0, 0.1) is 0 Å². The summed E-state index contributed by atoms with van der Waals surface area (Å²) in [4.78, 5) is 11.0. The molecule has 1 aromatic heterocycles. The predicted octanol–water partition coefficient (Wildman–Crippen LogP) is 5.64. The van der Waals surface area contributed by atoms with Gasteiger partial charge in [0.1, 0.15) is 6.29 Å². The highest BCUT2D eigenvalue weighted by Gasteiger charge is 2.33. The van der Waals surface area contributed by atoms with Gasteiger partial charge in [0.05, 0.1) is 5.56 Å². The van der Waals surface area contributed by atoms with Gasteiger partial charge in [-0.15, -0.1) is 0 Å². The highest BCUT2D eigenvalue weighted by molar-refractivity contribution is 5.88. The molecule has 0 amide bonds. The highest BCUT2D eigenvalue weighted by atomic mass is 19.4. The normalized spacial score (nSPS) is 12.1.